The summed E-state index contributed by atoms with van der Waals surface area (Å²) in [6.45, 7) is 1.10. The molecule has 1 atom stereocenters. The normalized spacial score (nSPS) is 14.8. The van der Waals surface area contributed by atoms with E-state index in [1.807, 2.05) is 18.2 Å². The van der Waals surface area contributed by atoms with Gasteiger partial charge in [0.25, 0.3) is 0 Å². The zero-order chi connectivity index (χ0) is 14.8. The standard InChI is InChI=1S/C16H15BrClNO2/c17-11-3-1-10(2-4-11)7-14(19)12-8-15-16(9-13(12)18)21-6-5-20-15/h1-4,8-9,14H,5-7,19H2. The first-order chi connectivity index (χ1) is 10.1. The van der Waals surface area contributed by atoms with Crippen molar-refractivity contribution < 1.29 is 9.47 Å². The summed E-state index contributed by atoms with van der Waals surface area (Å²) in [7, 11) is 0. The van der Waals surface area contributed by atoms with Crippen molar-refractivity contribution in [1.82, 2.24) is 0 Å². The van der Waals surface area contributed by atoms with Crippen LogP contribution in [0.5, 0.6) is 11.5 Å². The molecule has 0 aromatic heterocycles. The van der Waals surface area contributed by atoms with Crippen LogP contribution in [0.2, 0.25) is 5.02 Å². The molecule has 1 aliphatic heterocycles. The molecule has 21 heavy (non-hydrogen) atoms. The second-order valence-corrected chi connectivity index (χ2v) is 6.28. The van der Waals surface area contributed by atoms with Gasteiger partial charge in [0, 0.05) is 21.6 Å². The van der Waals surface area contributed by atoms with Gasteiger partial charge in [0.1, 0.15) is 13.2 Å². The summed E-state index contributed by atoms with van der Waals surface area (Å²) in [5.41, 5.74) is 8.35. The summed E-state index contributed by atoms with van der Waals surface area (Å²) < 4.78 is 12.2. The molecule has 0 saturated carbocycles. The molecule has 1 aliphatic rings. The zero-order valence-electron chi connectivity index (χ0n) is 11.3. The Bertz CT molecular complexity index is 645. The minimum Gasteiger partial charge on any atom is -0.486 e. The molecule has 0 spiro atoms. The fourth-order valence-electron chi connectivity index (χ4n) is 2.35. The fraction of sp³-hybridized carbons (Fsp3) is 0.250. The van der Waals surface area contributed by atoms with Crippen LogP contribution in [0.15, 0.2) is 40.9 Å². The summed E-state index contributed by atoms with van der Waals surface area (Å²) in [6.07, 6.45) is 0.715. The van der Waals surface area contributed by atoms with Crippen LogP contribution in [0.4, 0.5) is 0 Å². The summed E-state index contributed by atoms with van der Waals surface area (Å²) in [5, 5.41) is 0.615. The summed E-state index contributed by atoms with van der Waals surface area (Å²) >= 11 is 9.75. The average molecular weight is 369 g/mol. The number of hydrogen-bond donors (Lipinski definition) is 1. The highest BCUT2D eigenvalue weighted by Gasteiger charge is 2.18. The van der Waals surface area contributed by atoms with Gasteiger partial charge < -0.3 is 15.2 Å². The van der Waals surface area contributed by atoms with Crippen LogP contribution in [0.25, 0.3) is 0 Å². The second-order valence-electron chi connectivity index (χ2n) is 4.95. The molecule has 5 heteroatoms. The lowest BCUT2D eigenvalue weighted by atomic mass is 9.99. The van der Waals surface area contributed by atoms with E-state index in [0.717, 1.165) is 15.6 Å². The van der Waals surface area contributed by atoms with Gasteiger partial charge >= 0.3 is 0 Å². The maximum atomic E-state index is 6.32. The Labute approximate surface area is 137 Å². The zero-order valence-corrected chi connectivity index (χ0v) is 13.7. The lowest BCUT2D eigenvalue weighted by molar-refractivity contribution is 0.171. The quantitative estimate of drug-likeness (QED) is 0.886. The molecular weight excluding hydrogens is 354 g/mol. The molecule has 0 saturated heterocycles. The lowest BCUT2D eigenvalue weighted by Gasteiger charge is -2.22. The fourth-order valence-corrected chi connectivity index (χ4v) is 2.91. The predicted molar refractivity (Wildman–Crippen MR) is 87.2 cm³/mol. The number of ether oxygens (including phenoxy) is 2. The first-order valence-corrected chi connectivity index (χ1v) is 7.89. The van der Waals surface area contributed by atoms with Crippen LogP contribution in [0.3, 0.4) is 0 Å². The van der Waals surface area contributed by atoms with Gasteiger partial charge in [-0.15, -0.1) is 0 Å². The summed E-state index contributed by atoms with van der Waals surface area (Å²) in [5.74, 6) is 1.40. The number of rotatable bonds is 3. The maximum absolute atomic E-state index is 6.32. The molecule has 2 aromatic carbocycles. The molecular formula is C16H15BrClNO2. The van der Waals surface area contributed by atoms with E-state index in [1.165, 1.54) is 0 Å². The van der Waals surface area contributed by atoms with Crippen molar-refractivity contribution in [2.24, 2.45) is 5.73 Å². The molecule has 0 fully saturated rings. The molecule has 3 nitrogen and oxygen atoms in total. The first kappa shape index (κ1) is 14.7. The van der Waals surface area contributed by atoms with Crippen molar-refractivity contribution in [3.05, 3.63) is 57.0 Å². The van der Waals surface area contributed by atoms with Crippen molar-refractivity contribution >= 4 is 27.5 Å². The molecule has 0 aliphatic carbocycles. The van der Waals surface area contributed by atoms with Gasteiger partial charge in [0.2, 0.25) is 0 Å². The average Bonchev–Trinajstić information content (AvgIpc) is 2.49. The SMILES string of the molecule is NC(Cc1ccc(Br)cc1)c1cc2c(cc1Cl)OCCO2. The Morgan fingerprint density at radius 3 is 2.38 bits per heavy atom. The smallest absolute Gasteiger partial charge is 0.162 e. The van der Waals surface area contributed by atoms with Gasteiger partial charge in [0.05, 0.1) is 0 Å². The van der Waals surface area contributed by atoms with Gasteiger partial charge in [-0.2, -0.15) is 0 Å². The molecule has 110 valence electrons. The highest BCUT2D eigenvalue weighted by atomic mass is 79.9. The predicted octanol–water partition coefficient (Wildman–Crippen LogP) is 4.12. The van der Waals surface area contributed by atoms with Crippen LogP contribution in [-0.2, 0) is 6.42 Å². The molecule has 0 radical (unpaired) electrons. The third-order valence-electron chi connectivity index (χ3n) is 3.43. The Morgan fingerprint density at radius 1 is 1.10 bits per heavy atom. The van der Waals surface area contributed by atoms with Crippen LogP contribution >= 0.6 is 27.5 Å². The van der Waals surface area contributed by atoms with Gasteiger partial charge in [-0.05, 0) is 35.7 Å². The monoisotopic (exact) mass is 367 g/mol. The summed E-state index contributed by atoms with van der Waals surface area (Å²) in [4.78, 5) is 0. The maximum Gasteiger partial charge on any atom is 0.162 e. The lowest BCUT2D eigenvalue weighted by Crippen LogP contribution is -2.18. The van der Waals surface area contributed by atoms with Crippen molar-refractivity contribution in [3.8, 4) is 11.5 Å². The van der Waals surface area contributed by atoms with Crippen LogP contribution < -0.4 is 15.2 Å². The van der Waals surface area contributed by atoms with E-state index in [-0.39, 0.29) is 6.04 Å². The Balaban J connectivity index is 1.83. The molecule has 0 bridgehead atoms. The minimum atomic E-state index is -0.186. The number of benzene rings is 2. The minimum absolute atomic E-state index is 0.186. The van der Waals surface area contributed by atoms with Crippen molar-refractivity contribution in [1.29, 1.82) is 0 Å². The van der Waals surface area contributed by atoms with E-state index < -0.39 is 0 Å². The highest BCUT2D eigenvalue weighted by Crippen LogP contribution is 2.37. The van der Waals surface area contributed by atoms with Crippen molar-refractivity contribution in [2.75, 3.05) is 13.2 Å². The Kier molecular flexibility index (Phi) is 4.38. The van der Waals surface area contributed by atoms with Gasteiger partial charge in [-0.3, -0.25) is 0 Å². The number of halogens is 2. The Hall–Kier alpha value is -1.23. The van der Waals surface area contributed by atoms with Gasteiger partial charge in [-0.1, -0.05) is 39.7 Å². The van der Waals surface area contributed by atoms with E-state index in [0.29, 0.717) is 36.2 Å². The van der Waals surface area contributed by atoms with Crippen LogP contribution in [0, 0.1) is 0 Å². The highest BCUT2D eigenvalue weighted by molar-refractivity contribution is 9.10. The first-order valence-electron chi connectivity index (χ1n) is 6.72. The topological polar surface area (TPSA) is 44.5 Å². The third kappa shape index (κ3) is 3.34. The molecule has 0 amide bonds. The number of fused-ring (bicyclic) bond motifs is 1. The second kappa shape index (κ2) is 6.26. The van der Waals surface area contributed by atoms with E-state index >= 15 is 0 Å². The molecule has 2 aromatic rings. The molecule has 3 rings (SSSR count). The van der Waals surface area contributed by atoms with Crippen LogP contribution in [-0.4, -0.2) is 13.2 Å². The molecule has 1 unspecified atom stereocenters. The van der Waals surface area contributed by atoms with E-state index in [2.05, 4.69) is 28.1 Å². The van der Waals surface area contributed by atoms with Crippen molar-refractivity contribution in [2.45, 2.75) is 12.5 Å². The molecule has 2 N–H and O–H groups in total. The van der Waals surface area contributed by atoms with Gasteiger partial charge in [-0.25, -0.2) is 0 Å². The van der Waals surface area contributed by atoms with Crippen LogP contribution in [0.1, 0.15) is 17.2 Å². The molecule has 1 heterocycles. The van der Waals surface area contributed by atoms with E-state index in [1.54, 1.807) is 6.07 Å². The summed E-state index contributed by atoms with van der Waals surface area (Å²) in [6, 6.07) is 11.6. The number of hydrogen-bond acceptors (Lipinski definition) is 3. The van der Waals surface area contributed by atoms with E-state index in [4.69, 9.17) is 26.8 Å². The van der Waals surface area contributed by atoms with Gasteiger partial charge in [0.15, 0.2) is 11.5 Å². The number of nitrogens with two attached hydrogens (primary N) is 1. The third-order valence-corrected chi connectivity index (χ3v) is 4.29. The van der Waals surface area contributed by atoms with E-state index in [9.17, 15) is 0 Å². The largest absolute Gasteiger partial charge is 0.486 e. The van der Waals surface area contributed by atoms with Crippen molar-refractivity contribution in [3.63, 3.8) is 0 Å². The Morgan fingerprint density at radius 2 is 1.71 bits per heavy atom.